The van der Waals surface area contributed by atoms with E-state index in [0.29, 0.717) is 10.9 Å². The summed E-state index contributed by atoms with van der Waals surface area (Å²) in [6.07, 6.45) is 0. The molecule has 1 aromatic heterocycles. The van der Waals surface area contributed by atoms with Gasteiger partial charge in [0.1, 0.15) is 5.82 Å². The number of halogens is 3. The highest BCUT2D eigenvalue weighted by Gasteiger charge is 2.18. The first-order valence-electron chi connectivity index (χ1n) is 4.95. The molecule has 0 spiro atoms. The molecule has 0 radical (unpaired) electrons. The SMILES string of the molecule is Cc1ccc(C(N)c2cc(F)c(F)cc2F)s1. The van der Waals surface area contributed by atoms with Crippen molar-refractivity contribution in [1.29, 1.82) is 0 Å². The molecule has 2 rings (SSSR count). The maximum atomic E-state index is 13.5. The van der Waals surface area contributed by atoms with Crippen molar-refractivity contribution >= 4 is 11.3 Å². The van der Waals surface area contributed by atoms with Gasteiger partial charge in [0.2, 0.25) is 0 Å². The molecular weight excluding hydrogens is 247 g/mol. The summed E-state index contributed by atoms with van der Waals surface area (Å²) in [5, 5.41) is 0. The Bertz CT molecular complexity index is 551. The zero-order valence-corrected chi connectivity index (χ0v) is 9.82. The number of nitrogens with two attached hydrogens (primary N) is 1. The first kappa shape index (κ1) is 12.1. The van der Waals surface area contributed by atoms with E-state index in [4.69, 9.17) is 5.73 Å². The fourth-order valence-corrected chi connectivity index (χ4v) is 2.45. The molecule has 0 fully saturated rings. The average molecular weight is 257 g/mol. The first-order chi connectivity index (χ1) is 7.99. The van der Waals surface area contributed by atoms with E-state index >= 15 is 0 Å². The fourth-order valence-electron chi connectivity index (χ4n) is 1.55. The molecule has 0 amide bonds. The lowest BCUT2D eigenvalue weighted by atomic mass is 10.1. The van der Waals surface area contributed by atoms with Crippen LogP contribution in [-0.2, 0) is 0 Å². The van der Waals surface area contributed by atoms with Gasteiger partial charge in [0.25, 0.3) is 0 Å². The second-order valence-corrected chi connectivity index (χ2v) is 5.03. The third-order valence-electron chi connectivity index (χ3n) is 2.44. The molecule has 1 aromatic carbocycles. The van der Waals surface area contributed by atoms with Crippen LogP contribution >= 0.6 is 11.3 Å². The molecular formula is C12H10F3NS. The summed E-state index contributed by atoms with van der Waals surface area (Å²) in [6.45, 7) is 1.89. The number of rotatable bonds is 2. The summed E-state index contributed by atoms with van der Waals surface area (Å²) >= 11 is 1.40. The minimum absolute atomic E-state index is 0.0363. The van der Waals surface area contributed by atoms with E-state index in [9.17, 15) is 13.2 Å². The molecule has 0 aliphatic carbocycles. The molecule has 1 nitrogen and oxygen atoms in total. The molecule has 0 aliphatic rings. The van der Waals surface area contributed by atoms with Crippen LogP contribution in [0.5, 0.6) is 0 Å². The molecule has 17 heavy (non-hydrogen) atoms. The van der Waals surface area contributed by atoms with Crippen LogP contribution in [0.2, 0.25) is 0 Å². The van der Waals surface area contributed by atoms with Crippen molar-refractivity contribution in [2.75, 3.05) is 0 Å². The van der Waals surface area contributed by atoms with Gasteiger partial charge in [0.05, 0.1) is 6.04 Å². The van der Waals surface area contributed by atoms with Gasteiger partial charge >= 0.3 is 0 Å². The van der Waals surface area contributed by atoms with Gasteiger partial charge in [-0.05, 0) is 25.1 Å². The van der Waals surface area contributed by atoms with Crippen molar-refractivity contribution in [2.24, 2.45) is 5.73 Å². The second-order valence-electron chi connectivity index (χ2n) is 3.71. The maximum absolute atomic E-state index is 13.5. The van der Waals surface area contributed by atoms with E-state index < -0.39 is 23.5 Å². The van der Waals surface area contributed by atoms with Gasteiger partial charge in [-0.25, -0.2) is 13.2 Å². The van der Waals surface area contributed by atoms with E-state index in [1.54, 1.807) is 6.07 Å². The third kappa shape index (κ3) is 2.35. The Morgan fingerprint density at radius 2 is 1.71 bits per heavy atom. The minimum atomic E-state index is -1.21. The monoisotopic (exact) mass is 257 g/mol. The third-order valence-corrected chi connectivity index (χ3v) is 3.53. The van der Waals surface area contributed by atoms with E-state index in [0.717, 1.165) is 10.9 Å². The van der Waals surface area contributed by atoms with Crippen LogP contribution in [0.1, 0.15) is 21.4 Å². The topological polar surface area (TPSA) is 26.0 Å². The van der Waals surface area contributed by atoms with Gasteiger partial charge in [-0.2, -0.15) is 0 Å². The number of hydrogen-bond acceptors (Lipinski definition) is 2. The summed E-state index contributed by atoms with van der Waals surface area (Å²) in [7, 11) is 0. The highest BCUT2D eigenvalue weighted by molar-refractivity contribution is 7.12. The highest BCUT2D eigenvalue weighted by Crippen LogP contribution is 2.28. The van der Waals surface area contributed by atoms with Crippen molar-refractivity contribution < 1.29 is 13.2 Å². The summed E-state index contributed by atoms with van der Waals surface area (Å²) in [5.74, 6) is -3.13. The van der Waals surface area contributed by atoms with Gasteiger partial charge in [-0.3, -0.25) is 0 Å². The van der Waals surface area contributed by atoms with Gasteiger partial charge in [0.15, 0.2) is 11.6 Å². The number of aryl methyl sites for hydroxylation is 1. The highest BCUT2D eigenvalue weighted by atomic mass is 32.1. The summed E-state index contributed by atoms with van der Waals surface area (Å²) < 4.78 is 39.3. The van der Waals surface area contributed by atoms with Crippen LogP contribution in [0.4, 0.5) is 13.2 Å². The minimum Gasteiger partial charge on any atom is -0.320 e. The van der Waals surface area contributed by atoms with Gasteiger partial charge in [-0.15, -0.1) is 11.3 Å². The van der Waals surface area contributed by atoms with Crippen molar-refractivity contribution in [3.8, 4) is 0 Å². The molecule has 5 heteroatoms. The Morgan fingerprint density at radius 1 is 1.06 bits per heavy atom. The first-order valence-corrected chi connectivity index (χ1v) is 5.77. The quantitative estimate of drug-likeness (QED) is 0.818. The predicted octanol–water partition coefficient (Wildman–Crippen LogP) is 3.52. The number of hydrogen-bond donors (Lipinski definition) is 1. The predicted molar refractivity (Wildman–Crippen MR) is 61.4 cm³/mol. The molecule has 1 unspecified atom stereocenters. The second kappa shape index (κ2) is 4.50. The van der Waals surface area contributed by atoms with Crippen LogP contribution in [0.3, 0.4) is 0 Å². The van der Waals surface area contributed by atoms with E-state index in [2.05, 4.69) is 0 Å². The molecule has 0 bridgehead atoms. The van der Waals surface area contributed by atoms with E-state index in [1.165, 1.54) is 11.3 Å². The zero-order valence-electron chi connectivity index (χ0n) is 9.01. The number of benzene rings is 1. The Hall–Kier alpha value is -1.33. The Labute approximate surface area is 101 Å². The molecule has 1 atom stereocenters. The average Bonchev–Trinajstić information content (AvgIpc) is 2.69. The molecule has 0 saturated carbocycles. The van der Waals surface area contributed by atoms with E-state index in [1.807, 2.05) is 13.0 Å². The smallest absolute Gasteiger partial charge is 0.161 e. The molecule has 2 aromatic rings. The maximum Gasteiger partial charge on any atom is 0.161 e. The van der Waals surface area contributed by atoms with Crippen molar-refractivity contribution in [3.05, 3.63) is 57.0 Å². The van der Waals surface area contributed by atoms with Crippen molar-refractivity contribution in [1.82, 2.24) is 0 Å². The van der Waals surface area contributed by atoms with Crippen LogP contribution < -0.4 is 5.73 Å². The molecule has 0 saturated heterocycles. The van der Waals surface area contributed by atoms with Crippen LogP contribution in [0.25, 0.3) is 0 Å². The standard InChI is InChI=1S/C12H10F3NS/c1-6-2-3-11(17-6)12(16)7-4-9(14)10(15)5-8(7)13/h2-5,12H,16H2,1H3. The Balaban J connectivity index is 2.43. The van der Waals surface area contributed by atoms with Gasteiger partial charge in [-0.1, -0.05) is 0 Å². The number of thiophene rings is 1. The van der Waals surface area contributed by atoms with Gasteiger partial charge in [0, 0.05) is 21.4 Å². The van der Waals surface area contributed by atoms with Crippen molar-refractivity contribution in [3.63, 3.8) is 0 Å². The molecule has 1 heterocycles. The molecule has 2 N–H and O–H groups in total. The summed E-state index contributed by atoms with van der Waals surface area (Å²) in [6, 6.07) is 4.15. The molecule has 90 valence electrons. The van der Waals surface area contributed by atoms with Crippen LogP contribution in [0, 0.1) is 24.4 Å². The van der Waals surface area contributed by atoms with E-state index in [-0.39, 0.29) is 5.56 Å². The molecule has 0 aliphatic heterocycles. The van der Waals surface area contributed by atoms with Crippen molar-refractivity contribution in [2.45, 2.75) is 13.0 Å². The zero-order chi connectivity index (χ0) is 12.6. The largest absolute Gasteiger partial charge is 0.320 e. The lowest BCUT2D eigenvalue weighted by Gasteiger charge is -2.11. The fraction of sp³-hybridized carbons (Fsp3) is 0.167. The Kier molecular flexibility index (Phi) is 3.22. The van der Waals surface area contributed by atoms with Crippen LogP contribution in [-0.4, -0.2) is 0 Å². The van der Waals surface area contributed by atoms with Crippen LogP contribution in [0.15, 0.2) is 24.3 Å². The normalized spacial score (nSPS) is 12.8. The lowest BCUT2D eigenvalue weighted by molar-refractivity contribution is 0.488. The Morgan fingerprint density at radius 3 is 2.29 bits per heavy atom. The summed E-state index contributed by atoms with van der Waals surface area (Å²) in [5.41, 5.74) is 5.79. The lowest BCUT2D eigenvalue weighted by Crippen LogP contribution is -2.13. The summed E-state index contributed by atoms with van der Waals surface area (Å²) in [4.78, 5) is 1.74. The van der Waals surface area contributed by atoms with Gasteiger partial charge < -0.3 is 5.73 Å².